The fourth-order valence-corrected chi connectivity index (χ4v) is 4.41. The molecule has 3 unspecified atom stereocenters. The molecule has 0 saturated heterocycles. The quantitative estimate of drug-likeness (QED) is 0.0272. The Morgan fingerprint density at radius 3 is 1.60 bits per heavy atom. The highest BCUT2D eigenvalue weighted by Gasteiger charge is 2.28. The summed E-state index contributed by atoms with van der Waals surface area (Å²) in [5.74, 6) is -2.53. The number of carboxylic acid groups (broad SMARTS) is 1. The first-order valence-electron chi connectivity index (χ1n) is 16.6. The first-order chi connectivity index (χ1) is 23.1. The fraction of sp³-hybridized carbons (Fsp3) is 0.528. The lowest BCUT2D eigenvalue weighted by Crippen LogP contribution is -2.43. The number of unbranched alkanes of at least 4 members (excludes halogenated alkanes) is 1. The van der Waals surface area contributed by atoms with Crippen molar-refractivity contribution in [2.24, 2.45) is 0 Å². The number of hydrogen-bond donors (Lipinski definition) is 4. The smallest absolute Gasteiger partial charge is 0.472 e. The van der Waals surface area contributed by atoms with Crippen molar-refractivity contribution in [2.45, 2.75) is 103 Å². The molecule has 48 heavy (non-hydrogen) atoms. The van der Waals surface area contributed by atoms with E-state index >= 15 is 0 Å². The standard InChI is InChI=1S/C36H56NO10P/c1-3-5-6-7-8-9-10-11-12-13-14-15-16-17-18-19-20-21-22-23-24-25-26-28-35(40)45-29-32(38)30-46-48(43,44)47-31-33(36(41)42)37-34(39)27-4-2/h5-6,8-9,11-12,14-15,17-18,20-21,23-24,32-33,38H,3-4,7,10,13,16,19,22,25-31H2,1-2H3,(H,37,39)(H,41,42)(H,43,44)/b6-5-,9-8-,12-11-,15-14-,18-17-,21-20-,24-23-. The topological polar surface area (TPSA) is 169 Å². The van der Waals surface area contributed by atoms with Gasteiger partial charge in [-0.2, -0.15) is 0 Å². The SMILES string of the molecule is CC/C=C\C/C=C\C/C=C\C/C=C\C/C=C\C/C=C\C/C=C\CCCC(=O)OCC(O)COP(=O)(O)OCC(NC(=O)CCC)C(=O)O. The minimum absolute atomic E-state index is 0.0871. The molecule has 0 aromatic carbocycles. The number of phosphoric acid groups is 1. The van der Waals surface area contributed by atoms with Crippen molar-refractivity contribution >= 4 is 25.7 Å². The highest BCUT2D eigenvalue weighted by Crippen LogP contribution is 2.43. The highest BCUT2D eigenvalue weighted by atomic mass is 31.2. The summed E-state index contributed by atoms with van der Waals surface area (Å²) in [6, 6.07) is -1.55. The molecule has 0 aromatic heterocycles. The molecule has 0 aliphatic carbocycles. The summed E-state index contributed by atoms with van der Waals surface area (Å²) < 4.78 is 26.2. The summed E-state index contributed by atoms with van der Waals surface area (Å²) in [5, 5.41) is 21.2. The van der Waals surface area contributed by atoms with Crippen LogP contribution in [0, 0.1) is 0 Å². The van der Waals surface area contributed by atoms with Crippen LogP contribution >= 0.6 is 7.82 Å². The Morgan fingerprint density at radius 1 is 0.688 bits per heavy atom. The average molecular weight is 694 g/mol. The number of ether oxygens (including phenoxy) is 1. The first-order valence-corrected chi connectivity index (χ1v) is 18.1. The number of carbonyl (C=O) groups excluding carboxylic acids is 2. The van der Waals surface area contributed by atoms with Gasteiger partial charge in [0.15, 0.2) is 6.04 Å². The van der Waals surface area contributed by atoms with Gasteiger partial charge in [-0.05, 0) is 64.2 Å². The van der Waals surface area contributed by atoms with Crippen LogP contribution in [-0.2, 0) is 32.7 Å². The molecule has 4 N–H and O–H groups in total. The third-order valence-corrected chi connectivity index (χ3v) is 7.12. The zero-order valence-corrected chi connectivity index (χ0v) is 29.4. The van der Waals surface area contributed by atoms with Gasteiger partial charge in [-0.15, -0.1) is 0 Å². The van der Waals surface area contributed by atoms with Crippen LogP contribution in [0.3, 0.4) is 0 Å². The summed E-state index contributed by atoms with van der Waals surface area (Å²) in [6.45, 7) is 1.90. The van der Waals surface area contributed by atoms with Crippen molar-refractivity contribution in [3.8, 4) is 0 Å². The van der Waals surface area contributed by atoms with E-state index in [1.165, 1.54) is 0 Å². The molecule has 0 spiro atoms. The number of rotatable bonds is 29. The number of amides is 1. The molecule has 0 bridgehead atoms. The molecule has 0 fully saturated rings. The van der Waals surface area contributed by atoms with E-state index in [0.717, 1.165) is 44.9 Å². The summed E-state index contributed by atoms with van der Waals surface area (Å²) in [6.07, 6.45) is 37.1. The molecule has 0 rings (SSSR count). The van der Waals surface area contributed by atoms with Gasteiger partial charge in [-0.3, -0.25) is 18.6 Å². The van der Waals surface area contributed by atoms with E-state index in [4.69, 9.17) is 9.84 Å². The number of hydrogen-bond acceptors (Lipinski definition) is 8. The van der Waals surface area contributed by atoms with E-state index in [9.17, 15) is 28.9 Å². The Kier molecular flexibility index (Phi) is 28.8. The predicted molar refractivity (Wildman–Crippen MR) is 189 cm³/mol. The molecule has 0 saturated carbocycles. The molecule has 270 valence electrons. The van der Waals surface area contributed by atoms with Crippen molar-refractivity contribution in [3.63, 3.8) is 0 Å². The zero-order valence-electron chi connectivity index (χ0n) is 28.5. The molecule has 0 aliphatic heterocycles. The number of carbonyl (C=O) groups is 3. The van der Waals surface area contributed by atoms with Gasteiger partial charge in [0.2, 0.25) is 5.91 Å². The number of aliphatic carboxylic acids is 1. The van der Waals surface area contributed by atoms with Crippen LogP contribution in [0.1, 0.15) is 90.9 Å². The second-order valence-corrected chi connectivity index (χ2v) is 12.1. The van der Waals surface area contributed by atoms with Gasteiger partial charge in [0.1, 0.15) is 12.7 Å². The maximum Gasteiger partial charge on any atom is 0.472 e. The van der Waals surface area contributed by atoms with E-state index in [0.29, 0.717) is 19.3 Å². The van der Waals surface area contributed by atoms with Gasteiger partial charge >= 0.3 is 19.8 Å². The summed E-state index contributed by atoms with van der Waals surface area (Å²) in [4.78, 5) is 44.4. The Morgan fingerprint density at radius 2 is 1.15 bits per heavy atom. The maximum absolute atomic E-state index is 12.0. The van der Waals surface area contributed by atoms with E-state index in [1.807, 2.05) is 12.2 Å². The Balaban J connectivity index is 3.93. The summed E-state index contributed by atoms with van der Waals surface area (Å²) in [5.41, 5.74) is 0. The Labute approximate surface area is 286 Å². The Hall–Kier alpha value is -3.34. The first kappa shape index (κ1) is 44.7. The lowest BCUT2D eigenvalue weighted by Gasteiger charge is -2.18. The van der Waals surface area contributed by atoms with Crippen molar-refractivity contribution in [3.05, 3.63) is 85.1 Å². The van der Waals surface area contributed by atoms with Crippen LogP contribution in [0.25, 0.3) is 0 Å². The van der Waals surface area contributed by atoms with E-state index < -0.39 is 57.6 Å². The second kappa shape index (κ2) is 31.0. The fourth-order valence-electron chi connectivity index (χ4n) is 3.64. The van der Waals surface area contributed by atoms with Gasteiger partial charge in [-0.25, -0.2) is 9.36 Å². The zero-order chi connectivity index (χ0) is 35.7. The summed E-state index contributed by atoms with van der Waals surface area (Å²) in [7, 11) is -4.74. The maximum atomic E-state index is 12.0. The van der Waals surface area contributed by atoms with E-state index in [-0.39, 0.29) is 12.8 Å². The van der Waals surface area contributed by atoms with Gasteiger partial charge in [0.25, 0.3) is 0 Å². The van der Waals surface area contributed by atoms with Crippen LogP contribution in [0.5, 0.6) is 0 Å². The molecular formula is C36H56NO10P. The van der Waals surface area contributed by atoms with Crippen LogP contribution < -0.4 is 5.32 Å². The number of phosphoric ester groups is 1. The number of esters is 1. The third-order valence-electron chi connectivity index (χ3n) is 6.17. The molecule has 0 heterocycles. The van der Waals surface area contributed by atoms with Gasteiger partial charge < -0.3 is 25.2 Å². The van der Waals surface area contributed by atoms with E-state index in [2.05, 4.69) is 94.2 Å². The minimum Gasteiger partial charge on any atom is -0.480 e. The number of nitrogens with one attached hydrogen (secondary N) is 1. The highest BCUT2D eigenvalue weighted by molar-refractivity contribution is 7.47. The van der Waals surface area contributed by atoms with Crippen molar-refractivity contribution < 1.29 is 47.8 Å². The molecular weight excluding hydrogens is 637 g/mol. The lowest BCUT2D eigenvalue weighted by atomic mass is 10.2. The van der Waals surface area contributed by atoms with Gasteiger partial charge in [0, 0.05) is 12.8 Å². The van der Waals surface area contributed by atoms with Crippen LogP contribution in [0.2, 0.25) is 0 Å². The molecule has 0 aliphatic rings. The largest absolute Gasteiger partial charge is 0.480 e. The second-order valence-electron chi connectivity index (χ2n) is 10.6. The molecule has 3 atom stereocenters. The Bertz CT molecular complexity index is 1140. The van der Waals surface area contributed by atoms with Crippen molar-refractivity contribution in [1.82, 2.24) is 5.32 Å². The number of aliphatic hydroxyl groups excluding tert-OH is 1. The van der Waals surface area contributed by atoms with E-state index in [1.54, 1.807) is 6.92 Å². The van der Waals surface area contributed by atoms with Crippen molar-refractivity contribution in [2.75, 3.05) is 19.8 Å². The molecule has 1 amide bonds. The monoisotopic (exact) mass is 693 g/mol. The van der Waals surface area contributed by atoms with Crippen molar-refractivity contribution in [1.29, 1.82) is 0 Å². The molecule has 12 heteroatoms. The molecule has 0 radical (unpaired) electrons. The number of carboxylic acids is 1. The third kappa shape index (κ3) is 30.0. The predicted octanol–water partition coefficient (Wildman–Crippen LogP) is 7.21. The minimum atomic E-state index is -4.74. The van der Waals surface area contributed by atoms with Gasteiger partial charge in [-0.1, -0.05) is 98.9 Å². The molecule has 0 aromatic rings. The lowest BCUT2D eigenvalue weighted by molar-refractivity contribution is -0.147. The van der Waals surface area contributed by atoms with Crippen LogP contribution in [-0.4, -0.2) is 64.9 Å². The number of allylic oxidation sites excluding steroid dienone is 14. The van der Waals surface area contributed by atoms with Crippen LogP contribution in [0.4, 0.5) is 0 Å². The number of aliphatic hydroxyl groups is 1. The van der Waals surface area contributed by atoms with Crippen LogP contribution in [0.15, 0.2) is 85.1 Å². The summed E-state index contributed by atoms with van der Waals surface area (Å²) >= 11 is 0. The average Bonchev–Trinajstić information content (AvgIpc) is 3.05. The molecule has 11 nitrogen and oxygen atoms in total. The normalized spacial score (nSPS) is 15.1. The van der Waals surface area contributed by atoms with Gasteiger partial charge in [0.05, 0.1) is 13.2 Å².